The Morgan fingerprint density at radius 1 is 1.80 bits per heavy atom. The van der Waals surface area contributed by atoms with E-state index < -0.39 is 5.97 Å². The van der Waals surface area contributed by atoms with Crippen molar-refractivity contribution in [3.63, 3.8) is 0 Å². The van der Waals surface area contributed by atoms with E-state index in [2.05, 4.69) is 16.2 Å². The molecule has 0 bridgehead atoms. The largest absolute Gasteiger partial charge is 0.478 e. The molecule has 0 spiro atoms. The first-order chi connectivity index (χ1) is 7.15. The first-order valence-electron chi connectivity index (χ1n) is 4.53. The number of anilines is 1. The highest BCUT2D eigenvalue weighted by Gasteiger charge is 2.11. The summed E-state index contributed by atoms with van der Waals surface area (Å²) in [7, 11) is 0. The number of nitrogens with one attached hydrogen (secondary N) is 1. The number of carbonyl (C=O) groups is 1. The minimum atomic E-state index is -1.00. The summed E-state index contributed by atoms with van der Waals surface area (Å²) < 4.78 is 0. The third kappa shape index (κ3) is 2.99. The number of aromatic carboxylic acids is 1. The number of nitrogens with zero attached hydrogens (tertiary/aromatic N) is 1. The van der Waals surface area contributed by atoms with Crippen molar-refractivity contribution in [2.45, 2.75) is 19.4 Å². The number of hydrogen-bond donors (Lipinski definition) is 2. The number of hydrogen-bond acceptors (Lipinski definition) is 3. The Hall–Kier alpha value is -2.02. The van der Waals surface area contributed by atoms with Crippen LogP contribution in [0, 0.1) is 12.3 Å². The van der Waals surface area contributed by atoms with Crippen LogP contribution in [0.4, 0.5) is 5.82 Å². The molecule has 0 saturated heterocycles. The Morgan fingerprint density at radius 3 is 3.13 bits per heavy atom. The summed E-state index contributed by atoms with van der Waals surface area (Å²) in [5.74, 6) is 1.85. The van der Waals surface area contributed by atoms with Crippen molar-refractivity contribution in [2.24, 2.45) is 0 Å². The Kier molecular flexibility index (Phi) is 3.69. The summed E-state index contributed by atoms with van der Waals surface area (Å²) in [6, 6.07) is 3.09. The molecule has 1 atom stereocenters. The summed E-state index contributed by atoms with van der Waals surface area (Å²) >= 11 is 0. The van der Waals surface area contributed by atoms with Crippen molar-refractivity contribution in [1.82, 2.24) is 4.98 Å². The lowest BCUT2D eigenvalue weighted by Gasteiger charge is -2.12. The van der Waals surface area contributed by atoms with Gasteiger partial charge in [-0.05, 0) is 19.1 Å². The predicted molar refractivity (Wildman–Crippen MR) is 57.7 cm³/mol. The number of aromatic nitrogens is 1. The van der Waals surface area contributed by atoms with E-state index in [0.29, 0.717) is 12.2 Å². The zero-order chi connectivity index (χ0) is 11.3. The number of carboxylic acid groups (broad SMARTS) is 1. The summed E-state index contributed by atoms with van der Waals surface area (Å²) in [6.45, 7) is 1.88. The number of terminal acetylenes is 1. The second-order valence-electron chi connectivity index (χ2n) is 3.16. The predicted octanol–water partition coefficient (Wildman–Crippen LogP) is 1.60. The normalized spacial score (nSPS) is 11.5. The Balaban J connectivity index is 2.85. The lowest BCUT2D eigenvalue weighted by atomic mass is 10.2. The third-order valence-electron chi connectivity index (χ3n) is 1.85. The maximum Gasteiger partial charge on any atom is 0.339 e. The smallest absolute Gasteiger partial charge is 0.339 e. The molecular weight excluding hydrogens is 192 g/mol. The summed E-state index contributed by atoms with van der Waals surface area (Å²) in [6.07, 6.45) is 7.22. The molecule has 0 amide bonds. The fourth-order valence-corrected chi connectivity index (χ4v) is 1.15. The Labute approximate surface area is 88.3 Å². The number of carboxylic acids is 1. The van der Waals surface area contributed by atoms with Gasteiger partial charge in [0, 0.05) is 18.7 Å². The van der Waals surface area contributed by atoms with E-state index in [4.69, 9.17) is 11.5 Å². The Morgan fingerprint density at radius 2 is 2.53 bits per heavy atom. The van der Waals surface area contributed by atoms with Crippen molar-refractivity contribution in [3.8, 4) is 12.3 Å². The van der Waals surface area contributed by atoms with Crippen LogP contribution < -0.4 is 5.32 Å². The van der Waals surface area contributed by atoms with Gasteiger partial charge in [-0.3, -0.25) is 0 Å². The molecule has 1 unspecified atom stereocenters. The first-order valence-corrected chi connectivity index (χ1v) is 4.53. The van der Waals surface area contributed by atoms with Gasteiger partial charge in [0.2, 0.25) is 0 Å². The second-order valence-corrected chi connectivity index (χ2v) is 3.16. The van der Waals surface area contributed by atoms with Gasteiger partial charge in [0.05, 0.1) is 0 Å². The first kappa shape index (κ1) is 11.1. The van der Waals surface area contributed by atoms with Crippen molar-refractivity contribution >= 4 is 11.8 Å². The molecule has 4 nitrogen and oxygen atoms in total. The van der Waals surface area contributed by atoms with E-state index in [-0.39, 0.29) is 11.6 Å². The fourth-order valence-electron chi connectivity index (χ4n) is 1.15. The molecule has 1 rings (SSSR count). The van der Waals surface area contributed by atoms with Crippen LogP contribution in [0.15, 0.2) is 18.3 Å². The van der Waals surface area contributed by atoms with Crippen LogP contribution in [-0.2, 0) is 0 Å². The van der Waals surface area contributed by atoms with Crippen LogP contribution >= 0.6 is 0 Å². The summed E-state index contributed by atoms with van der Waals surface area (Å²) in [5, 5.41) is 11.8. The van der Waals surface area contributed by atoms with E-state index in [1.807, 2.05) is 6.92 Å². The van der Waals surface area contributed by atoms with Crippen molar-refractivity contribution in [1.29, 1.82) is 0 Å². The zero-order valence-corrected chi connectivity index (χ0v) is 8.40. The van der Waals surface area contributed by atoms with Crippen molar-refractivity contribution < 1.29 is 9.90 Å². The molecule has 0 radical (unpaired) electrons. The van der Waals surface area contributed by atoms with Crippen LogP contribution in [0.2, 0.25) is 0 Å². The summed E-state index contributed by atoms with van der Waals surface area (Å²) in [4.78, 5) is 14.8. The molecule has 0 aliphatic rings. The van der Waals surface area contributed by atoms with Gasteiger partial charge in [-0.25, -0.2) is 9.78 Å². The summed E-state index contributed by atoms with van der Waals surface area (Å²) in [5.41, 5.74) is 0.154. The Bertz CT molecular complexity index is 396. The molecule has 0 saturated carbocycles. The van der Waals surface area contributed by atoms with Gasteiger partial charge < -0.3 is 10.4 Å². The standard InChI is InChI=1S/C11H12N2O2/c1-3-5-8(2)13-10-9(11(14)15)6-4-7-12-10/h1,4,6-8H,5H2,2H3,(H,12,13)(H,14,15). The molecule has 0 aliphatic heterocycles. The van der Waals surface area contributed by atoms with Gasteiger partial charge >= 0.3 is 5.97 Å². The zero-order valence-electron chi connectivity index (χ0n) is 8.40. The number of rotatable bonds is 4. The van der Waals surface area contributed by atoms with Gasteiger partial charge in [0.1, 0.15) is 11.4 Å². The fraction of sp³-hybridized carbons (Fsp3) is 0.273. The molecule has 78 valence electrons. The minimum absolute atomic E-state index is 0.00278. The van der Waals surface area contributed by atoms with Gasteiger partial charge in [0.15, 0.2) is 0 Å². The molecule has 0 aliphatic carbocycles. The quantitative estimate of drug-likeness (QED) is 0.731. The van der Waals surface area contributed by atoms with Crippen LogP contribution in [-0.4, -0.2) is 22.1 Å². The molecule has 4 heteroatoms. The molecule has 15 heavy (non-hydrogen) atoms. The van der Waals surface area contributed by atoms with Gasteiger partial charge in [-0.2, -0.15) is 0 Å². The number of pyridine rings is 1. The van der Waals surface area contributed by atoms with E-state index in [0.717, 1.165) is 0 Å². The van der Waals surface area contributed by atoms with E-state index in [9.17, 15) is 4.79 Å². The average Bonchev–Trinajstić information content (AvgIpc) is 2.18. The van der Waals surface area contributed by atoms with Crippen LogP contribution in [0.1, 0.15) is 23.7 Å². The van der Waals surface area contributed by atoms with E-state index in [1.54, 1.807) is 6.07 Å². The highest BCUT2D eigenvalue weighted by Crippen LogP contribution is 2.12. The average molecular weight is 204 g/mol. The van der Waals surface area contributed by atoms with Crippen LogP contribution in [0.3, 0.4) is 0 Å². The third-order valence-corrected chi connectivity index (χ3v) is 1.85. The SMILES string of the molecule is C#CCC(C)Nc1ncccc1C(=O)O. The highest BCUT2D eigenvalue weighted by atomic mass is 16.4. The molecular formula is C11H12N2O2. The maximum absolute atomic E-state index is 10.8. The van der Waals surface area contributed by atoms with E-state index in [1.165, 1.54) is 12.3 Å². The molecule has 2 N–H and O–H groups in total. The lowest BCUT2D eigenvalue weighted by Crippen LogP contribution is -2.17. The topological polar surface area (TPSA) is 62.2 Å². The molecule has 1 heterocycles. The van der Waals surface area contributed by atoms with Gasteiger partial charge in [0.25, 0.3) is 0 Å². The molecule has 1 aromatic rings. The lowest BCUT2D eigenvalue weighted by molar-refractivity contribution is 0.0697. The second kappa shape index (κ2) is 5.01. The van der Waals surface area contributed by atoms with Crippen LogP contribution in [0.25, 0.3) is 0 Å². The maximum atomic E-state index is 10.8. The molecule has 0 aromatic carbocycles. The minimum Gasteiger partial charge on any atom is -0.478 e. The van der Waals surface area contributed by atoms with Gasteiger partial charge in [-0.15, -0.1) is 12.3 Å². The van der Waals surface area contributed by atoms with Crippen molar-refractivity contribution in [2.75, 3.05) is 5.32 Å². The monoisotopic (exact) mass is 204 g/mol. The van der Waals surface area contributed by atoms with E-state index >= 15 is 0 Å². The van der Waals surface area contributed by atoms with Crippen molar-refractivity contribution in [3.05, 3.63) is 23.9 Å². The van der Waals surface area contributed by atoms with Crippen LogP contribution in [0.5, 0.6) is 0 Å². The molecule has 0 fully saturated rings. The molecule has 1 aromatic heterocycles. The van der Waals surface area contributed by atoms with Gasteiger partial charge in [-0.1, -0.05) is 0 Å². The highest BCUT2D eigenvalue weighted by molar-refractivity contribution is 5.93.